The lowest BCUT2D eigenvalue weighted by molar-refractivity contribution is -0.116. The number of nitrogens with zero attached hydrogens (tertiary/aromatic N) is 1. The van der Waals surface area contributed by atoms with Crippen molar-refractivity contribution < 1.29 is 14.0 Å². The number of hydrogen-bond donors (Lipinski definition) is 1. The van der Waals surface area contributed by atoms with Crippen molar-refractivity contribution in [2.24, 2.45) is 0 Å². The fourth-order valence-corrected chi connectivity index (χ4v) is 2.84. The van der Waals surface area contributed by atoms with Gasteiger partial charge in [0.1, 0.15) is 5.82 Å². The number of Topliss-reactive ketones (excluding diaryl/α,β-unsaturated/α-hetero) is 1. The second-order valence-electron chi connectivity index (χ2n) is 6.09. The van der Waals surface area contributed by atoms with E-state index in [-0.39, 0.29) is 30.0 Å². The van der Waals surface area contributed by atoms with Gasteiger partial charge in [-0.05, 0) is 61.0 Å². The molecule has 3 aromatic rings. The summed E-state index contributed by atoms with van der Waals surface area (Å²) < 4.78 is 15.5. The van der Waals surface area contributed by atoms with E-state index in [4.69, 9.17) is 0 Å². The summed E-state index contributed by atoms with van der Waals surface area (Å²) in [4.78, 5) is 23.8. The highest BCUT2D eigenvalue weighted by Crippen LogP contribution is 2.24. The lowest BCUT2D eigenvalue weighted by Crippen LogP contribution is -2.19. The summed E-state index contributed by atoms with van der Waals surface area (Å²) in [6, 6.07) is 16.4. The highest BCUT2D eigenvalue weighted by atomic mass is 19.1. The van der Waals surface area contributed by atoms with Gasteiger partial charge in [-0.2, -0.15) is 0 Å². The maximum Gasteiger partial charge on any atom is 0.226 e. The quantitative estimate of drug-likeness (QED) is 0.668. The maximum absolute atomic E-state index is 13.6. The molecule has 0 unspecified atom stereocenters. The number of hydrogen-bond acceptors (Lipinski definition) is 2. The number of ketones is 1. The Kier molecular flexibility index (Phi) is 5.27. The van der Waals surface area contributed by atoms with Gasteiger partial charge in [0.2, 0.25) is 5.91 Å². The molecule has 0 saturated carbocycles. The standard InChI is InChI=1S/C21H19FN2O2/c1-15(25)16-7-9-19(10-8-16)23-21(26)14-20(24-11-2-3-12-24)17-5-4-6-18(22)13-17/h2-13,20H,14H2,1H3,(H,23,26)/t20-/m1/s1. The van der Waals surface area contributed by atoms with Crippen LogP contribution in [0.25, 0.3) is 0 Å². The Balaban J connectivity index is 1.76. The van der Waals surface area contributed by atoms with Crippen LogP contribution in [0.2, 0.25) is 0 Å². The van der Waals surface area contributed by atoms with Gasteiger partial charge in [-0.25, -0.2) is 4.39 Å². The molecule has 4 nitrogen and oxygen atoms in total. The summed E-state index contributed by atoms with van der Waals surface area (Å²) in [5.74, 6) is -0.551. The molecule has 0 aliphatic rings. The minimum atomic E-state index is -0.333. The van der Waals surface area contributed by atoms with E-state index >= 15 is 0 Å². The van der Waals surface area contributed by atoms with Crippen molar-refractivity contribution in [1.82, 2.24) is 4.57 Å². The zero-order valence-corrected chi connectivity index (χ0v) is 14.4. The number of anilines is 1. The molecular weight excluding hydrogens is 331 g/mol. The van der Waals surface area contributed by atoms with Crippen molar-refractivity contribution in [3.8, 4) is 0 Å². The van der Waals surface area contributed by atoms with Gasteiger partial charge in [0.25, 0.3) is 0 Å². The molecule has 5 heteroatoms. The fraction of sp³-hybridized carbons (Fsp3) is 0.143. The number of halogens is 1. The van der Waals surface area contributed by atoms with E-state index in [9.17, 15) is 14.0 Å². The van der Waals surface area contributed by atoms with E-state index in [1.807, 2.05) is 35.2 Å². The van der Waals surface area contributed by atoms with Gasteiger partial charge in [-0.1, -0.05) is 12.1 Å². The molecule has 1 heterocycles. The van der Waals surface area contributed by atoms with Crippen LogP contribution in [0.4, 0.5) is 10.1 Å². The van der Waals surface area contributed by atoms with Gasteiger partial charge >= 0.3 is 0 Å². The third kappa shape index (κ3) is 4.25. The zero-order chi connectivity index (χ0) is 18.5. The van der Waals surface area contributed by atoms with Crippen molar-refractivity contribution in [2.75, 3.05) is 5.32 Å². The highest BCUT2D eigenvalue weighted by molar-refractivity contribution is 5.95. The summed E-state index contributed by atoms with van der Waals surface area (Å²) in [7, 11) is 0. The topological polar surface area (TPSA) is 51.1 Å². The van der Waals surface area contributed by atoms with Crippen molar-refractivity contribution in [3.05, 3.63) is 90.0 Å². The predicted octanol–water partition coefficient (Wildman–Crippen LogP) is 4.45. The van der Waals surface area contributed by atoms with Crippen LogP contribution in [-0.2, 0) is 4.79 Å². The lowest BCUT2D eigenvalue weighted by atomic mass is 10.0. The van der Waals surface area contributed by atoms with Gasteiger partial charge in [0, 0.05) is 23.6 Å². The molecule has 0 aliphatic carbocycles. The molecule has 0 bridgehead atoms. The van der Waals surface area contributed by atoms with E-state index in [2.05, 4.69) is 5.32 Å². The Bertz CT molecular complexity index is 902. The van der Waals surface area contributed by atoms with Crippen LogP contribution in [0, 0.1) is 5.82 Å². The van der Waals surface area contributed by atoms with Gasteiger partial charge in [-0.15, -0.1) is 0 Å². The SMILES string of the molecule is CC(=O)c1ccc(NC(=O)C[C@H](c2cccc(F)c2)n2cccc2)cc1. The predicted molar refractivity (Wildman–Crippen MR) is 98.7 cm³/mol. The molecule has 1 N–H and O–H groups in total. The van der Waals surface area contributed by atoms with E-state index in [0.717, 1.165) is 5.56 Å². The maximum atomic E-state index is 13.6. The van der Waals surface area contributed by atoms with Crippen LogP contribution in [-0.4, -0.2) is 16.3 Å². The van der Waals surface area contributed by atoms with E-state index in [1.54, 1.807) is 30.3 Å². The summed E-state index contributed by atoms with van der Waals surface area (Å²) >= 11 is 0. The van der Waals surface area contributed by atoms with Crippen LogP contribution in [0.3, 0.4) is 0 Å². The molecule has 132 valence electrons. The number of benzene rings is 2. The normalized spacial score (nSPS) is 11.8. The van der Waals surface area contributed by atoms with E-state index in [0.29, 0.717) is 11.3 Å². The van der Waals surface area contributed by atoms with E-state index in [1.165, 1.54) is 19.1 Å². The molecule has 3 rings (SSSR count). The van der Waals surface area contributed by atoms with Crippen molar-refractivity contribution in [2.45, 2.75) is 19.4 Å². The molecule has 1 amide bonds. The molecule has 26 heavy (non-hydrogen) atoms. The summed E-state index contributed by atoms with van der Waals surface area (Å²) in [5.41, 5.74) is 1.93. The minimum Gasteiger partial charge on any atom is -0.346 e. The van der Waals surface area contributed by atoms with Gasteiger partial charge in [0.15, 0.2) is 5.78 Å². The molecule has 0 spiro atoms. The van der Waals surface area contributed by atoms with Crippen LogP contribution in [0.15, 0.2) is 73.1 Å². The summed E-state index contributed by atoms with van der Waals surface area (Å²) in [5, 5.41) is 2.83. The van der Waals surface area contributed by atoms with Gasteiger partial charge in [-0.3, -0.25) is 9.59 Å². The first-order valence-electron chi connectivity index (χ1n) is 8.32. The van der Waals surface area contributed by atoms with Gasteiger partial charge < -0.3 is 9.88 Å². The molecule has 1 atom stereocenters. The number of nitrogens with one attached hydrogen (secondary N) is 1. The minimum absolute atomic E-state index is 0.0262. The first-order chi connectivity index (χ1) is 12.5. The Hall–Kier alpha value is -3.21. The van der Waals surface area contributed by atoms with Crippen molar-refractivity contribution in [1.29, 1.82) is 0 Å². The first-order valence-corrected chi connectivity index (χ1v) is 8.32. The highest BCUT2D eigenvalue weighted by Gasteiger charge is 2.18. The average Bonchev–Trinajstić information content (AvgIpc) is 3.14. The Morgan fingerprint density at radius 1 is 1.04 bits per heavy atom. The first kappa shape index (κ1) is 17.6. The molecule has 2 aromatic carbocycles. The zero-order valence-electron chi connectivity index (χ0n) is 14.4. The number of rotatable bonds is 6. The second-order valence-corrected chi connectivity index (χ2v) is 6.09. The largest absolute Gasteiger partial charge is 0.346 e. The lowest BCUT2D eigenvalue weighted by Gasteiger charge is -2.19. The molecule has 1 aromatic heterocycles. The monoisotopic (exact) mass is 350 g/mol. The molecule has 0 aliphatic heterocycles. The second kappa shape index (κ2) is 7.78. The van der Waals surface area contributed by atoms with Crippen LogP contribution >= 0.6 is 0 Å². The number of aromatic nitrogens is 1. The van der Waals surface area contributed by atoms with Crippen molar-refractivity contribution >= 4 is 17.4 Å². The number of carbonyl (C=O) groups excluding carboxylic acids is 2. The smallest absolute Gasteiger partial charge is 0.226 e. The number of amides is 1. The molecule has 0 fully saturated rings. The van der Waals surface area contributed by atoms with Crippen LogP contribution in [0.5, 0.6) is 0 Å². The average molecular weight is 350 g/mol. The Morgan fingerprint density at radius 3 is 2.35 bits per heavy atom. The fourth-order valence-electron chi connectivity index (χ4n) is 2.84. The van der Waals surface area contributed by atoms with Crippen molar-refractivity contribution in [3.63, 3.8) is 0 Å². The summed E-state index contributed by atoms with van der Waals surface area (Å²) in [6.45, 7) is 1.49. The van der Waals surface area contributed by atoms with E-state index < -0.39 is 0 Å². The third-order valence-electron chi connectivity index (χ3n) is 4.17. The number of carbonyl (C=O) groups is 2. The molecular formula is C21H19FN2O2. The Labute approximate surface area is 151 Å². The Morgan fingerprint density at radius 2 is 1.73 bits per heavy atom. The van der Waals surface area contributed by atoms with Crippen LogP contribution < -0.4 is 5.32 Å². The van der Waals surface area contributed by atoms with Crippen LogP contribution in [0.1, 0.15) is 35.3 Å². The molecule has 0 saturated heterocycles. The molecule has 0 radical (unpaired) electrons. The third-order valence-corrected chi connectivity index (χ3v) is 4.17. The van der Waals surface area contributed by atoms with Gasteiger partial charge in [0.05, 0.1) is 12.5 Å². The summed E-state index contributed by atoms with van der Waals surface area (Å²) in [6.07, 6.45) is 3.86.